The number of methoxy groups -OCH3 is 1. The van der Waals surface area contributed by atoms with E-state index in [0.717, 1.165) is 37.2 Å². The van der Waals surface area contributed by atoms with E-state index >= 15 is 0 Å². The van der Waals surface area contributed by atoms with E-state index in [1.54, 1.807) is 7.11 Å². The molecule has 1 heterocycles. The third-order valence-electron chi connectivity index (χ3n) is 4.49. The molecule has 0 aromatic heterocycles. The van der Waals surface area contributed by atoms with Gasteiger partial charge in [0.05, 0.1) is 13.5 Å². The Labute approximate surface area is 120 Å². The lowest BCUT2D eigenvalue weighted by Gasteiger charge is -2.17. The van der Waals surface area contributed by atoms with Crippen LogP contribution in [0.2, 0.25) is 0 Å². The van der Waals surface area contributed by atoms with Crippen LogP contribution in [-0.4, -0.2) is 31.0 Å². The van der Waals surface area contributed by atoms with Crippen molar-refractivity contribution in [3.8, 4) is 5.75 Å². The van der Waals surface area contributed by atoms with E-state index in [-0.39, 0.29) is 5.91 Å². The van der Waals surface area contributed by atoms with E-state index in [0.29, 0.717) is 18.3 Å². The Hall–Kier alpha value is -1.77. The van der Waals surface area contributed by atoms with Gasteiger partial charge in [-0.15, -0.1) is 0 Å². The summed E-state index contributed by atoms with van der Waals surface area (Å²) in [6, 6.07) is 7.77. The predicted molar refractivity (Wildman–Crippen MR) is 78.6 cm³/mol. The van der Waals surface area contributed by atoms with Crippen LogP contribution in [0.4, 0.5) is 0 Å². The molecule has 20 heavy (non-hydrogen) atoms. The molecule has 0 spiro atoms. The van der Waals surface area contributed by atoms with Crippen molar-refractivity contribution in [1.82, 2.24) is 4.90 Å². The number of fused-ring (bicyclic) bond motifs is 1. The standard InChI is InChI=1S/C17H21NO2/c1-20-16-8-6-13(7-9-16)10-17(19)18-11-14-4-2-3-5-15(14)12-18/h2-3,6-9,14-15H,4-5,10-12H2,1H3. The maximum Gasteiger partial charge on any atom is 0.227 e. The summed E-state index contributed by atoms with van der Waals surface area (Å²) in [6.45, 7) is 1.87. The summed E-state index contributed by atoms with van der Waals surface area (Å²) >= 11 is 0. The molecule has 2 aliphatic rings. The van der Waals surface area contributed by atoms with Crippen LogP contribution in [0.25, 0.3) is 0 Å². The molecule has 3 nitrogen and oxygen atoms in total. The average molecular weight is 271 g/mol. The Balaban J connectivity index is 1.59. The molecule has 106 valence electrons. The maximum atomic E-state index is 12.4. The van der Waals surface area contributed by atoms with Gasteiger partial charge in [-0.1, -0.05) is 24.3 Å². The lowest BCUT2D eigenvalue weighted by Crippen LogP contribution is -2.30. The Morgan fingerprint density at radius 3 is 2.30 bits per heavy atom. The first-order valence-corrected chi connectivity index (χ1v) is 7.32. The number of likely N-dealkylation sites (tertiary alicyclic amines) is 1. The van der Waals surface area contributed by atoms with Gasteiger partial charge < -0.3 is 9.64 Å². The fourth-order valence-corrected chi connectivity index (χ4v) is 3.25. The molecule has 1 amide bonds. The lowest BCUT2D eigenvalue weighted by atomic mass is 9.86. The largest absolute Gasteiger partial charge is 0.497 e. The Bertz CT molecular complexity index is 490. The first-order valence-electron chi connectivity index (χ1n) is 7.32. The molecule has 1 aromatic rings. The van der Waals surface area contributed by atoms with Gasteiger partial charge in [-0.25, -0.2) is 0 Å². The van der Waals surface area contributed by atoms with Crippen LogP contribution >= 0.6 is 0 Å². The number of amides is 1. The minimum absolute atomic E-state index is 0.254. The van der Waals surface area contributed by atoms with Crippen LogP contribution in [0, 0.1) is 11.8 Å². The van der Waals surface area contributed by atoms with Crippen LogP contribution in [-0.2, 0) is 11.2 Å². The quantitative estimate of drug-likeness (QED) is 0.791. The average Bonchev–Trinajstić information content (AvgIpc) is 2.92. The van der Waals surface area contributed by atoms with Crippen molar-refractivity contribution in [3.63, 3.8) is 0 Å². The molecule has 2 atom stereocenters. The van der Waals surface area contributed by atoms with Gasteiger partial charge in [0, 0.05) is 13.1 Å². The first kappa shape index (κ1) is 13.2. The van der Waals surface area contributed by atoms with Gasteiger partial charge in [-0.2, -0.15) is 0 Å². The van der Waals surface area contributed by atoms with E-state index in [9.17, 15) is 4.79 Å². The van der Waals surface area contributed by atoms with Crippen LogP contribution in [0.3, 0.4) is 0 Å². The molecule has 1 saturated heterocycles. The van der Waals surface area contributed by atoms with E-state index in [4.69, 9.17) is 4.74 Å². The van der Waals surface area contributed by atoms with E-state index < -0.39 is 0 Å². The van der Waals surface area contributed by atoms with Crippen LogP contribution < -0.4 is 4.74 Å². The van der Waals surface area contributed by atoms with E-state index in [1.807, 2.05) is 29.2 Å². The zero-order chi connectivity index (χ0) is 13.9. The van der Waals surface area contributed by atoms with Crippen LogP contribution in [0.5, 0.6) is 5.75 Å². The van der Waals surface area contributed by atoms with Gasteiger partial charge in [-0.05, 0) is 42.4 Å². The second kappa shape index (κ2) is 5.70. The number of carbonyl (C=O) groups is 1. The Morgan fingerprint density at radius 1 is 1.15 bits per heavy atom. The number of ether oxygens (including phenoxy) is 1. The van der Waals surface area contributed by atoms with E-state index in [2.05, 4.69) is 12.2 Å². The summed E-state index contributed by atoms with van der Waals surface area (Å²) in [6.07, 6.45) is 7.29. The normalized spacial score (nSPS) is 24.6. The summed E-state index contributed by atoms with van der Waals surface area (Å²) in [4.78, 5) is 14.4. The first-order chi connectivity index (χ1) is 9.76. The second-order valence-electron chi connectivity index (χ2n) is 5.79. The summed E-state index contributed by atoms with van der Waals surface area (Å²) < 4.78 is 5.14. The van der Waals surface area contributed by atoms with Crippen LogP contribution in [0.15, 0.2) is 36.4 Å². The number of hydrogen-bond donors (Lipinski definition) is 0. The molecule has 0 radical (unpaired) electrons. The molecule has 2 unspecified atom stereocenters. The molecule has 0 bridgehead atoms. The number of benzene rings is 1. The fourth-order valence-electron chi connectivity index (χ4n) is 3.25. The Kier molecular flexibility index (Phi) is 3.77. The molecule has 1 fully saturated rings. The van der Waals surface area contributed by atoms with Gasteiger partial charge in [0.2, 0.25) is 5.91 Å². The molecular weight excluding hydrogens is 250 g/mol. The topological polar surface area (TPSA) is 29.5 Å². The van der Waals surface area contributed by atoms with Crippen molar-refractivity contribution in [2.45, 2.75) is 19.3 Å². The van der Waals surface area contributed by atoms with Crippen molar-refractivity contribution in [2.75, 3.05) is 20.2 Å². The van der Waals surface area contributed by atoms with Gasteiger partial charge in [-0.3, -0.25) is 4.79 Å². The third kappa shape index (κ3) is 2.72. The highest BCUT2D eigenvalue weighted by atomic mass is 16.5. The van der Waals surface area contributed by atoms with Gasteiger partial charge in [0.25, 0.3) is 0 Å². The van der Waals surface area contributed by atoms with Gasteiger partial charge >= 0.3 is 0 Å². The monoisotopic (exact) mass is 271 g/mol. The highest BCUT2D eigenvalue weighted by molar-refractivity contribution is 5.79. The highest BCUT2D eigenvalue weighted by Crippen LogP contribution is 2.32. The molecule has 0 N–H and O–H groups in total. The van der Waals surface area contributed by atoms with Gasteiger partial charge in [0.1, 0.15) is 5.75 Å². The molecule has 3 rings (SSSR count). The Morgan fingerprint density at radius 2 is 1.75 bits per heavy atom. The zero-order valence-corrected chi connectivity index (χ0v) is 11.9. The minimum atomic E-state index is 0.254. The molecule has 1 aromatic carbocycles. The van der Waals surface area contributed by atoms with Crippen molar-refractivity contribution in [2.24, 2.45) is 11.8 Å². The van der Waals surface area contributed by atoms with Gasteiger partial charge in [0.15, 0.2) is 0 Å². The molecular formula is C17H21NO2. The molecule has 0 saturated carbocycles. The predicted octanol–water partition coefficient (Wildman–Crippen LogP) is 2.66. The second-order valence-corrected chi connectivity index (χ2v) is 5.79. The summed E-state index contributed by atoms with van der Waals surface area (Å²) in [5, 5.41) is 0. The van der Waals surface area contributed by atoms with Crippen molar-refractivity contribution >= 4 is 5.91 Å². The van der Waals surface area contributed by atoms with Crippen molar-refractivity contribution < 1.29 is 9.53 Å². The summed E-state index contributed by atoms with van der Waals surface area (Å²) in [5.41, 5.74) is 1.06. The third-order valence-corrected chi connectivity index (χ3v) is 4.49. The van der Waals surface area contributed by atoms with Crippen molar-refractivity contribution in [3.05, 3.63) is 42.0 Å². The summed E-state index contributed by atoms with van der Waals surface area (Å²) in [5.74, 6) is 2.45. The molecule has 3 heteroatoms. The minimum Gasteiger partial charge on any atom is -0.497 e. The summed E-state index contributed by atoms with van der Waals surface area (Å²) in [7, 11) is 1.65. The lowest BCUT2D eigenvalue weighted by molar-refractivity contribution is -0.129. The maximum absolute atomic E-state index is 12.4. The fraction of sp³-hybridized carbons (Fsp3) is 0.471. The smallest absolute Gasteiger partial charge is 0.227 e. The van der Waals surface area contributed by atoms with E-state index in [1.165, 1.54) is 0 Å². The SMILES string of the molecule is COc1ccc(CC(=O)N2CC3CC=CCC3C2)cc1. The number of nitrogens with zero attached hydrogens (tertiary/aromatic N) is 1. The number of hydrogen-bond acceptors (Lipinski definition) is 2. The van der Waals surface area contributed by atoms with Crippen molar-refractivity contribution in [1.29, 1.82) is 0 Å². The number of carbonyl (C=O) groups excluding carboxylic acids is 1. The van der Waals surface area contributed by atoms with Crippen LogP contribution in [0.1, 0.15) is 18.4 Å². The highest BCUT2D eigenvalue weighted by Gasteiger charge is 2.34. The zero-order valence-electron chi connectivity index (χ0n) is 11.9. The molecule has 1 aliphatic heterocycles. The number of allylic oxidation sites excluding steroid dienone is 2. The molecule has 1 aliphatic carbocycles. The number of rotatable bonds is 3.